The minimum absolute atomic E-state index is 0.0151. The Hall–Kier alpha value is -4.36. The predicted octanol–water partition coefficient (Wildman–Crippen LogP) is 5.17. The first-order valence-electron chi connectivity index (χ1n) is 14.9. The van der Waals surface area contributed by atoms with Gasteiger partial charge in [0.15, 0.2) is 11.6 Å². The number of hydrogen-bond acceptors (Lipinski definition) is 8. The number of nitrogens with one attached hydrogen (secondary N) is 2. The average Bonchev–Trinajstić information content (AvgIpc) is 3.02. The van der Waals surface area contributed by atoms with Gasteiger partial charge >= 0.3 is 0 Å². The summed E-state index contributed by atoms with van der Waals surface area (Å²) in [5, 5.41) is 3.75. The Kier molecular flexibility index (Phi) is 7.35. The molecule has 236 valence electrons. The lowest BCUT2D eigenvalue weighted by molar-refractivity contribution is 0.0980. The summed E-state index contributed by atoms with van der Waals surface area (Å²) >= 11 is 0. The molecular formula is C34H30N2O8S2. The molecule has 4 aromatic carbocycles. The fourth-order valence-electron chi connectivity index (χ4n) is 7.33. The zero-order valence-electron chi connectivity index (χ0n) is 24.4. The zero-order valence-corrected chi connectivity index (χ0v) is 26.0. The third kappa shape index (κ3) is 5.11. The minimum Gasteiger partial charge on any atom is -0.380 e. The Labute approximate surface area is 266 Å². The van der Waals surface area contributed by atoms with Gasteiger partial charge in [-0.2, -0.15) is 16.8 Å². The van der Waals surface area contributed by atoms with Crippen molar-refractivity contribution in [2.24, 2.45) is 0 Å². The molecule has 4 atom stereocenters. The number of rotatable bonds is 6. The van der Waals surface area contributed by atoms with Crippen LogP contribution in [0.15, 0.2) is 84.9 Å². The molecule has 3 aliphatic rings. The molecule has 4 aromatic rings. The van der Waals surface area contributed by atoms with Gasteiger partial charge in [0.2, 0.25) is 0 Å². The van der Waals surface area contributed by atoms with Gasteiger partial charge in [0.25, 0.3) is 20.2 Å². The van der Waals surface area contributed by atoms with Gasteiger partial charge in [-0.15, -0.1) is 0 Å². The number of carbonyl (C=O) groups excluding carboxylic acids is 2. The molecule has 0 aliphatic heterocycles. The zero-order chi connectivity index (χ0) is 32.4. The van der Waals surface area contributed by atoms with Gasteiger partial charge in [0.1, 0.15) is 10.5 Å². The molecule has 4 unspecified atom stereocenters. The molecule has 0 spiro atoms. The van der Waals surface area contributed by atoms with Crippen LogP contribution < -0.4 is 10.6 Å². The number of aryl methyl sites for hydroxylation is 2. The maximum atomic E-state index is 14.1. The van der Waals surface area contributed by atoms with Gasteiger partial charge in [-0.3, -0.25) is 18.7 Å². The van der Waals surface area contributed by atoms with Crippen LogP contribution in [0.4, 0.5) is 11.4 Å². The molecule has 0 aromatic heterocycles. The van der Waals surface area contributed by atoms with E-state index in [0.717, 1.165) is 11.1 Å². The molecule has 0 saturated carbocycles. The first kappa shape index (κ1) is 30.3. The van der Waals surface area contributed by atoms with E-state index >= 15 is 0 Å². The highest BCUT2D eigenvalue weighted by atomic mass is 32.2. The van der Waals surface area contributed by atoms with Gasteiger partial charge in [0, 0.05) is 34.6 Å². The lowest BCUT2D eigenvalue weighted by atomic mass is 9.81. The first-order chi connectivity index (χ1) is 21.9. The molecular weight excluding hydrogens is 629 g/mol. The van der Waals surface area contributed by atoms with Crippen LogP contribution in [0.5, 0.6) is 0 Å². The maximum absolute atomic E-state index is 14.1. The Bertz CT molecular complexity index is 1990. The highest BCUT2D eigenvalue weighted by molar-refractivity contribution is 7.86. The van der Waals surface area contributed by atoms with E-state index in [9.17, 15) is 35.5 Å². The number of hydrogen-bond donors (Lipinski definition) is 4. The van der Waals surface area contributed by atoms with E-state index in [2.05, 4.69) is 10.6 Å². The lowest BCUT2D eigenvalue weighted by Gasteiger charge is -2.35. The van der Waals surface area contributed by atoms with Crippen molar-refractivity contribution < 1.29 is 35.5 Å². The molecule has 12 heteroatoms. The lowest BCUT2D eigenvalue weighted by Crippen LogP contribution is -2.38. The van der Waals surface area contributed by atoms with E-state index in [1.165, 1.54) is 0 Å². The summed E-state index contributed by atoms with van der Waals surface area (Å²) < 4.78 is 71.5. The van der Waals surface area contributed by atoms with Crippen molar-refractivity contribution in [3.63, 3.8) is 0 Å². The van der Waals surface area contributed by atoms with Crippen molar-refractivity contribution in [1.82, 2.24) is 0 Å². The Morgan fingerprint density at radius 1 is 0.543 bits per heavy atom. The van der Waals surface area contributed by atoms with Crippen molar-refractivity contribution >= 4 is 43.2 Å². The molecule has 3 aliphatic carbocycles. The molecule has 0 bridgehead atoms. The normalized spacial score (nSPS) is 22.2. The fraction of sp³-hybridized carbons (Fsp3) is 0.235. The van der Waals surface area contributed by atoms with Crippen LogP contribution in [0.3, 0.4) is 0 Å². The maximum Gasteiger partial charge on any atom is 0.274 e. The van der Waals surface area contributed by atoms with E-state index in [0.29, 0.717) is 36.8 Å². The van der Waals surface area contributed by atoms with E-state index < -0.39 is 54.4 Å². The van der Waals surface area contributed by atoms with Gasteiger partial charge in [0.05, 0.1) is 11.1 Å². The van der Waals surface area contributed by atoms with Crippen LogP contribution in [-0.2, 0) is 33.1 Å². The third-order valence-electron chi connectivity index (χ3n) is 9.30. The summed E-state index contributed by atoms with van der Waals surface area (Å²) in [6, 6.07) is 21.8. The van der Waals surface area contributed by atoms with Crippen molar-refractivity contribution in [2.45, 2.75) is 48.3 Å². The summed E-state index contributed by atoms with van der Waals surface area (Å²) in [6.07, 6.45) is 1.70. The second-order valence-electron chi connectivity index (χ2n) is 12.0. The van der Waals surface area contributed by atoms with Gasteiger partial charge < -0.3 is 10.6 Å². The van der Waals surface area contributed by atoms with E-state index in [1.54, 1.807) is 72.8 Å². The van der Waals surface area contributed by atoms with Crippen LogP contribution >= 0.6 is 0 Å². The van der Waals surface area contributed by atoms with Crippen molar-refractivity contribution in [1.29, 1.82) is 0 Å². The molecule has 0 saturated heterocycles. The molecule has 10 nitrogen and oxygen atoms in total. The van der Waals surface area contributed by atoms with Crippen LogP contribution in [0.25, 0.3) is 0 Å². The van der Waals surface area contributed by atoms with E-state index in [4.69, 9.17) is 0 Å². The SMILES string of the molecule is O=C1c2ccccc2C(=O)c2c(NC3CCc4ccccc4C3S(=O)(=O)O)ccc(NC3CCc4ccccc4C3S(=O)(=O)O)c21. The smallest absolute Gasteiger partial charge is 0.274 e. The standard InChI is InChI=1S/C34H30N2O8S2/c37-31-23-11-5-6-12-24(23)32(38)30-26(36-28-16-14-20-8-2-4-10-22(20)34(28)46(42,43)44)18-17-25(29(30)31)35-27-15-13-19-7-1-3-9-21(19)33(27)45(39,40)41/h1-12,17-18,27-28,33-36H,13-16H2,(H,39,40,41)(H,42,43,44). The molecule has 7 rings (SSSR count). The second-order valence-corrected chi connectivity index (χ2v) is 15.0. The molecule has 0 amide bonds. The predicted molar refractivity (Wildman–Crippen MR) is 173 cm³/mol. The highest BCUT2D eigenvalue weighted by Gasteiger charge is 2.42. The monoisotopic (exact) mass is 658 g/mol. The van der Waals surface area contributed by atoms with Crippen LogP contribution in [-0.4, -0.2) is 49.6 Å². The molecule has 0 heterocycles. The van der Waals surface area contributed by atoms with Gasteiger partial charge in [-0.1, -0.05) is 72.8 Å². The number of ketones is 2. The summed E-state index contributed by atoms with van der Waals surface area (Å²) in [5.74, 6) is -0.924. The molecule has 4 N–H and O–H groups in total. The Morgan fingerprint density at radius 2 is 0.913 bits per heavy atom. The quantitative estimate of drug-likeness (QED) is 0.179. The van der Waals surface area contributed by atoms with Crippen molar-refractivity contribution in [3.8, 4) is 0 Å². The van der Waals surface area contributed by atoms with Crippen molar-refractivity contribution in [3.05, 3.63) is 129 Å². The van der Waals surface area contributed by atoms with Gasteiger partial charge in [-0.25, -0.2) is 0 Å². The molecule has 0 radical (unpaired) electrons. The largest absolute Gasteiger partial charge is 0.380 e. The summed E-state index contributed by atoms with van der Waals surface area (Å²) in [7, 11) is -9.16. The molecule has 0 fully saturated rings. The number of benzene rings is 4. The topological polar surface area (TPSA) is 167 Å². The first-order valence-corrected chi connectivity index (χ1v) is 17.9. The fourth-order valence-corrected chi connectivity index (χ4v) is 9.67. The van der Waals surface area contributed by atoms with Crippen molar-refractivity contribution in [2.75, 3.05) is 10.6 Å². The summed E-state index contributed by atoms with van der Waals surface area (Å²) in [6.45, 7) is 0. The second kappa shape index (κ2) is 11.2. The minimum atomic E-state index is -4.58. The Balaban J connectivity index is 1.34. The van der Waals surface area contributed by atoms with Crippen LogP contribution in [0, 0.1) is 0 Å². The average molecular weight is 659 g/mol. The third-order valence-corrected chi connectivity index (χ3v) is 11.8. The molecule has 46 heavy (non-hydrogen) atoms. The Morgan fingerprint density at radius 3 is 1.30 bits per heavy atom. The highest BCUT2D eigenvalue weighted by Crippen LogP contribution is 2.43. The summed E-state index contributed by atoms with van der Waals surface area (Å²) in [4.78, 5) is 28.2. The number of fused-ring (bicyclic) bond motifs is 4. The van der Waals surface area contributed by atoms with E-state index in [1.807, 2.05) is 12.1 Å². The number of carbonyl (C=O) groups is 2. The van der Waals surface area contributed by atoms with Crippen LogP contribution in [0.1, 0.15) is 77.4 Å². The van der Waals surface area contributed by atoms with Gasteiger partial charge in [-0.05, 0) is 60.1 Å². The van der Waals surface area contributed by atoms with E-state index in [-0.39, 0.29) is 33.6 Å². The van der Waals surface area contributed by atoms with Crippen LogP contribution in [0.2, 0.25) is 0 Å². The summed E-state index contributed by atoms with van der Waals surface area (Å²) in [5.41, 5.74) is 3.34. The number of anilines is 2.